The van der Waals surface area contributed by atoms with Gasteiger partial charge in [0.2, 0.25) is 5.78 Å². The molecule has 0 radical (unpaired) electrons. The number of carboxylic acids is 1. The summed E-state index contributed by atoms with van der Waals surface area (Å²) in [6, 6.07) is 8.23. The number of nitrogens with one attached hydrogen (secondary N) is 1. The lowest BCUT2D eigenvalue weighted by Gasteiger charge is -1.91. The minimum Gasteiger partial charge on any atom is -0.476 e. The maximum Gasteiger partial charge on any atom is 0.372 e. The Bertz CT molecular complexity index is 409. The predicted molar refractivity (Wildman–Crippen MR) is 64.5 cm³/mol. The Morgan fingerprint density at radius 2 is 1.88 bits per heavy atom. The maximum atomic E-state index is 10.1. The van der Waals surface area contributed by atoms with Gasteiger partial charge in [-0.2, -0.15) is 0 Å². The van der Waals surface area contributed by atoms with Crippen LogP contribution in [0.25, 0.3) is 0 Å². The van der Waals surface area contributed by atoms with Crippen LogP contribution in [0.1, 0.15) is 30.9 Å². The monoisotopic (exact) mass is 236 g/mol. The van der Waals surface area contributed by atoms with Gasteiger partial charge in [-0.3, -0.25) is 4.79 Å². The fourth-order valence-electron chi connectivity index (χ4n) is 1.50. The van der Waals surface area contributed by atoms with Gasteiger partial charge in [0.25, 0.3) is 0 Å². The largest absolute Gasteiger partial charge is 0.476 e. The summed E-state index contributed by atoms with van der Waals surface area (Å²) >= 11 is 0. The third-order valence-corrected chi connectivity index (χ3v) is 2.40. The van der Waals surface area contributed by atoms with E-state index in [1.807, 2.05) is 12.1 Å². The second kappa shape index (κ2) is 6.81. The average Bonchev–Trinajstić information content (AvgIpc) is 2.70. The molecular formula is C13H17NO3. The third-order valence-electron chi connectivity index (χ3n) is 2.40. The van der Waals surface area contributed by atoms with E-state index in [1.165, 1.54) is 11.1 Å². The summed E-state index contributed by atoms with van der Waals surface area (Å²) in [6.07, 6.45) is 0.750. The number of Topliss-reactive ketones (excluding diaryl/α,β-unsaturated/α-hetero) is 1. The molecule has 1 aliphatic rings. The molecule has 0 saturated heterocycles. The van der Waals surface area contributed by atoms with Crippen LogP contribution < -0.4 is 5.31 Å². The van der Waals surface area contributed by atoms with Crippen molar-refractivity contribution in [3.05, 3.63) is 35.4 Å². The van der Waals surface area contributed by atoms with E-state index < -0.39 is 11.8 Å². The summed E-state index contributed by atoms with van der Waals surface area (Å²) in [7, 11) is 0. The Hall–Kier alpha value is -1.68. The van der Waals surface area contributed by atoms with Crippen LogP contribution in [0.15, 0.2) is 24.3 Å². The van der Waals surface area contributed by atoms with E-state index in [-0.39, 0.29) is 6.42 Å². The van der Waals surface area contributed by atoms with Gasteiger partial charge in [-0.1, -0.05) is 31.2 Å². The first kappa shape index (κ1) is 11.8. The smallest absolute Gasteiger partial charge is 0.372 e. The minimum atomic E-state index is -1.33. The third kappa shape index (κ3) is 4.36. The van der Waals surface area contributed by atoms with Crippen molar-refractivity contribution in [2.75, 3.05) is 0 Å². The molecule has 0 bridgehead atoms. The Balaban J connectivity index is 0.000000187. The highest BCUT2D eigenvalue weighted by molar-refractivity contribution is 6.32. The van der Waals surface area contributed by atoms with Crippen LogP contribution in [0.5, 0.6) is 0 Å². The van der Waals surface area contributed by atoms with Gasteiger partial charge >= 0.3 is 5.97 Å². The molecule has 1 aromatic rings. The molecule has 0 amide bonds. The number of ketones is 1. The Morgan fingerprint density at radius 3 is 2.24 bits per heavy atom. The van der Waals surface area contributed by atoms with Crippen molar-refractivity contribution in [2.45, 2.75) is 32.9 Å². The van der Waals surface area contributed by atoms with Crippen LogP contribution in [0.3, 0.4) is 0 Å². The Kier molecular flexibility index (Phi) is 4.72. The number of aliphatic carboxylic acids is 1. The highest BCUT2D eigenvalue weighted by Gasteiger charge is 2.07. The van der Waals surface area contributed by atoms with Crippen LogP contribution in [-0.4, -0.2) is 16.9 Å². The zero-order valence-corrected chi connectivity index (χ0v) is 9.85. The van der Waals surface area contributed by atoms with E-state index >= 15 is 0 Å². The van der Waals surface area contributed by atoms with E-state index in [9.17, 15) is 9.59 Å². The fourth-order valence-corrected chi connectivity index (χ4v) is 1.50. The number of hydrogen-bond donors (Lipinski definition) is 2. The summed E-state index contributed by atoms with van der Waals surface area (Å²) in [6.45, 7) is 3.34. The summed E-state index contributed by atoms with van der Waals surface area (Å²) < 4.78 is 7.35. The molecule has 1 aliphatic heterocycles. The molecule has 0 spiro atoms. The number of hydrogen-bond acceptors (Lipinski definition) is 3. The molecule has 0 atom stereocenters. The molecule has 92 valence electrons. The van der Waals surface area contributed by atoms with Gasteiger partial charge in [0.1, 0.15) is 1.41 Å². The molecule has 0 aromatic heterocycles. The van der Waals surface area contributed by atoms with E-state index in [1.54, 1.807) is 12.2 Å². The van der Waals surface area contributed by atoms with Crippen molar-refractivity contribution in [1.29, 1.82) is 0 Å². The van der Waals surface area contributed by atoms with Crippen LogP contribution >= 0.6 is 0 Å². The van der Waals surface area contributed by atoms with E-state index in [0.717, 1.165) is 13.1 Å². The van der Waals surface area contributed by atoms with Gasteiger partial charge < -0.3 is 10.4 Å². The van der Waals surface area contributed by atoms with Crippen LogP contribution in [0.2, 0.25) is 1.41 Å². The number of carboxylic acid groups (broad SMARTS) is 1. The summed E-state index contributed by atoms with van der Waals surface area (Å²) in [5.74, 6) is -2.03. The number of rotatable bonds is 3. The quantitative estimate of drug-likeness (QED) is 0.784. The lowest BCUT2D eigenvalue weighted by atomic mass is 10.1. The summed E-state index contributed by atoms with van der Waals surface area (Å²) in [4.78, 5) is 19.9. The second-order valence-corrected chi connectivity index (χ2v) is 3.79. The Labute approximate surface area is 102 Å². The van der Waals surface area contributed by atoms with Crippen molar-refractivity contribution >= 4 is 11.8 Å². The summed E-state index contributed by atoms with van der Waals surface area (Å²) in [5.41, 5.74) is 2.61. The number of fused-ring (bicyclic) bond motifs is 1. The van der Waals surface area contributed by atoms with Gasteiger partial charge in [0.05, 0.1) is 0 Å². The molecule has 2 N–H and O–H groups in total. The molecule has 2 rings (SSSR count). The first-order valence-electron chi connectivity index (χ1n) is 6.06. The zero-order valence-electron chi connectivity index (χ0n) is 10.8. The minimum absolute atomic E-state index is 0.148. The number of carbonyl (C=O) groups is 2. The van der Waals surface area contributed by atoms with Gasteiger partial charge in [-0.15, -0.1) is 0 Å². The first-order valence-corrected chi connectivity index (χ1v) is 5.61. The van der Waals surface area contributed by atoms with Gasteiger partial charge in [0, 0.05) is 19.5 Å². The molecule has 0 unspecified atom stereocenters. The van der Waals surface area contributed by atoms with Gasteiger partial charge in [-0.25, -0.2) is 4.79 Å². The van der Waals surface area contributed by atoms with Crippen molar-refractivity contribution in [1.82, 2.24) is 5.31 Å². The molecule has 0 saturated carbocycles. The second-order valence-electron chi connectivity index (χ2n) is 3.79. The van der Waals surface area contributed by atoms with E-state index in [0.29, 0.717) is 6.42 Å². The topological polar surface area (TPSA) is 66.4 Å². The van der Waals surface area contributed by atoms with Crippen molar-refractivity contribution < 1.29 is 16.1 Å². The molecule has 1 aromatic carbocycles. The van der Waals surface area contributed by atoms with E-state index in [4.69, 9.17) is 6.52 Å². The van der Waals surface area contributed by atoms with E-state index in [2.05, 4.69) is 12.1 Å². The molecule has 4 heteroatoms. The highest BCUT2D eigenvalue weighted by atomic mass is 16.4. The lowest BCUT2D eigenvalue weighted by molar-refractivity contribution is -0.149. The molecule has 0 aliphatic carbocycles. The normalized spacial score (nSPS) is 14.3. The van der Waals surface area contributed by atoms with Crippen molar-refractivity contribution in [2.24, 2.45) is 0 Å². The van der Waals surface area contributed by atoms with Gasteiger partial charge in [-0.05, 0) is 17.5 Å². The molecule has 4 nitrogen and oxygen atoms in total. The molecular weight excluding hydrogens is 218 g/mol. The predicted octanol–water partition coefficient (Wildman–Crippen LogP) is 1.73. The number of benzene rings is 1. The standard InChI is InChI=1S/C8H9N.C5H8O3/c1-2-4-8-6-9-5-7(8)3-1;1-2-3-4(6)5(7)8/h1-4,9H,5-6H2;2-3H2,1H3,(H,7,8)/i/hD. The summed E-state index contributed by atoms with van der Waals surface area (Å²) in [5, 5.41) is 9.54. The van der Waals surface area contributed by atoms with Gasteiger partial charge in [0.15, 0.2) is 0 Å². The van der Waals surface area contributed by atoms with Crippen molar-refractivity contribution in [3.63, 3.8) is 0 Å². The molecule has 0 fully saturated rings. The van der Waals surface area contributed by atoms with Crippen LogP contribution in [0.4, 0.5) is 0 Å². The zero-order chi connectivity index (χ0) is 13.5. The fraction of sp³-hybridized carbons (Fsp3) is 0.385. The number of carbonyl (C=O) groups excluding carboxylic acids is 1. The average molecular weight is 236 g/mol. The Morgan fingerprint density at radius 1 is 1.35 bits per heavy atom. The van der Waals surface area contributed by atoms with Crippen LogP contribution in [-0.2, 0) is 22.7 Å². The lowest BCUT2D eigenvalue weighted by Crippen LogP contribution is -2.10. The van der Waals surface area contributed by atoms with Crippen LogP contribution in [0, 0.1) is 0 Å². The maximum absolute atomic E-state index is 10.1. The van der Waals surface area contributed by atoms with Crippen molar-refractivity contribution in [3.8, 4) is 0 Å². The highest BCUT2D eigenvalue weighted by Crippen LogP contribution is 2.12. The molecule has 17 heavy (non-hydrogen) atoms. The first-order chi connectivity index (χ1) is 8.54. The molecule has 1 heterocycles. The SMILES string of the molecule is CCCC(=O)C(=O)O.[2H]N1Cc2ccccc2C1.